The molecule has 0 radical (unpaired) electrons. The molecule has 2 aromatic carbocycles. The van der Waals surface area contributed by atoms with E-state index in [1.807, 2.05) is 40.2 Å². The van der Waals surface area contributed by atoms with E-state index in [2.05, 4.69) is 47.5 Å². The van der Waals surface area contributed by atoms with Crippen LogP contribution >= 0.6 is 22.9 Å². The average Bonchev–Trinajstić information content (AvgIpc) is 3.33. The highest BCUT2D eigenvalue weighted by atomic mass is 35.5. The highest BCUT2D eigenvalue weighted by Crippen LogP contribution is 2.37. The Bertz CT molecular complexity index is 1220. The van der Waals surface area contributed by atoms with E-state index in [4.69, 9.17) is 11.6 Å². The first-order valence-corrected chi connectivity index (χ1v) is 13.4. The molecule has 2 amide bonds. The molecule has 0 spiro atoms. The van der Waals surface area contributed by atoms with Gasteiger partial charge < -0.3 is 9.80 Å². The first-order valence-electron chi connectivity index (χ1n) is 12.1. The molecule has 7 heteroatoms. The van der Waals surface area contributed by atoms with Crippen LogP contribution in [0.15, 0.2) is 60.0 Å². The van der Waals surface area contributed by atoms with Crippen molar-refractivity contribution >= 4 is 34.8 Å². The van der Waals surface area contributed by atoms with E-state index in [0.29, 0.717) is 36.8 Å². The third-order valence-electron chi connectivity index (χ3n) is 7.14. The Morgan fingerprint density at radius 1 is 1.03 bits per heavy atom. The molecule has 1 fully saturated rings. The van der Waals surface area contributed by atoms with E-state index >= 15 is 0 Å². The number of thiophene rings is 1. The molecule has 0 N–H and O–H groups in total. The Kier molecular flexibility index (Phi) is 6.96. The molecule has 2 atom stereocenters. The van der Waals surface area contributed by atoms with E-state index in [9.17, 15) is 9.59 Å². The van der Waals surface area contributed by atoms with Gasteiger partial charge >= 0.3 is 0 Å². The molecule has 35 heavy (non-hydrogen) atoms. The number of hydrogen-bond acceptors (Lipinski definition) is 4. The van der Waals surface area contributed by atoms with Gasteiger partial charge in [0.1, 0.15) is 0 Å². The van der Waals surface area contributed by atoms with Gasteiger partial charge in [-0.1, -0.05) is 53.6 Å². The predicted molar refractivity (Wildman–Crippen MR) is 141 cm³/mol. The molecular formula is C28H30ClN3O2S. The summed E-state index contributed by atoms with van der Waals surface area (Å²) < 4.78 is 0. The fourth-order valence-electron chi connectivity index (χ4n) is 5.23. The number of rotatable bonds is 4. The summed E-state index contributed by atoms with van der Waals surface area (Å²) in [5, 5.41) is 2.62. The molecule has 3 aromatic rings. The van der Waals surface area contributed by atoms with Gasteiger partial charge in [-0.15, -0.1) is 11.3 Å². The van der Waals surface area contributed by atoms with Crippen molar-refractivity contribution in [3.8, 4) is 0 Å². The van der Waals surface area contributed by atoms with Gasteiger partial charge in [0, 0.05) is 37.1 Å². The van der Waals surface area contributed by atoms with E-state index in [0.717, 1.165) is 13.0 Å². The lowest BCUT2D eigenvalue weighted by Crippen LogP contribution is -2.57. The van der Waals surface area contributed by atoms with E-state index in [1.54, 1.807) is 12.1 Å². The summed E-state index contributed by atoms with van der Waals surface area (Å²) in [5.41, 5.74) is 4.30. The van der Waals surface area contributed by atoms with Gasteiger partial charge in [-0.05, 0) is 55.0 Å². The highest BCUT2D eigenvalue weighted by Gasteiger charge is 2.35. The fourth-order valence-corrected chi connectivity index (χ4v) is 6.35. The smallest absolute Gasteiger partial charge is 0.255 e. The normalized spacial score (nSPS) is 20.5. The Balaban J connectivity index is 1.28. The lowest BCUT2D eigenvalue weighted by Gasteiger charge is -2.42. The van der Waals surface area contributed by atoms with E-state index < -0.39 is 0 Å². The van der Waals surface area contributed by atoms with E-state index in [1.165, 1.54) is 21.6 Å². The summed E-state index contributed by atoms with van der Waals surface area (Å²) in [6, 6.07) is 18.0. The minimum atomic E-state index is -0.0748. The SMILES string of the molecule is Cc1ccc(C2c3ccsc3CCN2CC(=O)N2CCN(C(=O)c3ccccc3Cl)C(C)C2)cc1. The van der Waals surface area contributed by atoms with Crippen LogP contribution in [0, 0.1) is 6.92 Å². The van der Waals surface area contributed by atoms with E-state index in [-0.39, 0.29) is 23.9 Å². The number of fused-ring (bicyclic) bond motifs is 1. The molecule has 0 aliphatic carbocycles. The maximum absolute atomic E-state index is 13.5. The second-order valence-corrected chi connectivity index (χ2v) is 10.9. The molecule has 1 aromatic heterocycles. The van der Waals surface area contributed by atoms with Crippen molar-refractivity contribution in [3.63, 3.8) is 0 Å². The second-order valence-electron chi connectivity index (χ2n) is 9.50. The zero-order valence-electron chi connectivity index (χ0n) is 20.1. The molecule has 182 valence electrons. The maximum Gasteiger partial charge on any atom is 0.255 e. The summed E-state index contributed by atoms with van der Waals surface area (Å²) in [4.78, 5) is 34.0. The minimum absolute atomic E-state index is 0.0735. The van der Waals surface area contributed by atoms with Crippen LogP contribution in [0.1, 0.15) is 44.9 Å². The first kappa shape index (κ1) is 24.0. The van der Waals surface area contributed by atoms with Gasteiger partial charge in [0.2, 0.25) is 5.91 Å². The number of halogens is 1. The Morgan fingerprint density at radius 2 is 1.80 bits per heavy atom. The molecule has 5 rings (SSSR count). The molecule has 5 nitrogen and oxygen atoms in total. The summed E-state index contributed by atoms with van der Waals surface area (Å²) in [7, 11) is 0. The van der Waals surface area contributed by atoms with Crippen molar-refractivity contribution in [2.75, 3.05) is 32.7 Å². The topological polar surface area (TPSA) is 43.9 Å². The predicted octanol–water partition coefficient (Wildman–Crippen LogP) is 5.03. The standard InChI is InChI=1S/C28H30ClN3O2S/c1-19-7-9-21(10-8-19)27-23-12-16-35-25(23)11-13-31(27)18-26(33)30-14-15-32(20(2)17-30)28(34)22-5-3-4-6-24(22)29/h3-10,12,16,20,27H,11,13-15,17-18H2,1-2H3. The van der Waals surface area contributed by atoms with Gasteiger partial charge in [0.15, 0.2) is 0 Å². The number of benzene rings is 2. The van der Waals surface area contributed by atoms with Crippen molar-refractivity contribution in [3.05, 3.63) is 92.1 Å². The number of aryl methyl sites for hydroxylation is 1. The zero-order valence-corrected chi connectivity index (χ0v) is 21.7. The van der Waals surface area contributed by atoms with Crippen molar-refractivity contribution < 1.29 is 9.59 Å². The van der Waals surface area contributed by atoms with Crippen LogP contribution in [0.4, 0.5) is 0 Å². The van der Waals surface area contributed by atoms with Gasteiger partial charge in [-0.2, -0.15) is 0 Å². The number of carbonyl (C=O) groups is 2. The quantitative estimate of drug-likeness (QED) is 0.497. The molecule has 2 aliphatic heterocycles. The maximum atomic E-state index is 13.5. The van der Waals surface area contributed by atoms with Crippen LogP contribution in [0.25, 0.3) is 0 Å². The van der Waals surface area contributed by atoms with Gasteiger partial charge in [0.05, 0.1) is 23.2 Å². The molecule has 2 aliphatic rings. The van der Waals surface area contributed by atoms with Crippen LogP contribution in [-0.2, 0) is 11.2 Å². The molecule has 0 bridgehead atoms. The Labute approximate surface area is 215 Å². The first-order chi connectivity index (χ1) is 16.9. The Hall–Kier alpha value is -2.67. The third kappa shape index (κ3) is 4.88. The number of piperazine rings is 1. The zero-order chi connectivity index (χ0) is 24.5. The monoisotopic (exact) mass is 507 g/mol. The number of amides is 2. The second kappa shape index (κ2) is 10.1. The fraction of sp³-hybridized carbons (Fsp3) is 0.357. The number of nitrogens with zero attached hydrogens (tertiary/aromatic N) is 3. The summed E-state index contributed by atoms with van der Waals surface area (Å²) in [5.74, 6) is 0.0492. The van der Waals surface area contributed by atoms with Crippen molar-refractivity contribution in [1.29, 1.82) is 0 Å². The summed E-state index contributed by atoms with van der Waals surface area (Å²) in [6.07, 6.45) is 0.971. The lowest BCUT2D eigenvalue weighted by molar-refractivity contribution is -0.135. The van der Waals surface area contributed by atoms with Crippen LogP contribution < -0.4 is 0 Å². The Morgan fingerprint density at radius 3 is 2.54 bits per heavy atom. The summed E-state index contributed by atoms with van der Waals surface area (Å²) in [6.45, 7) is 6.90. The third-order valence-corrected chi connectivity index (χ3v) is 8.47. The lowest BCUT2D eigenvalue weighted by atomic mass is 9.92. The van der Waals surface area contributed by atoms with Crippen molar-refractivity contribution in [2.24, 2.45) is 0 Å². The molecule has 0 saturated carbocycles. The van der Waals surface area contributed by atoms with Crippen LogP contribution in [0.2, 0.25) is 5.02 Å². The molecule has 3 heterocycles. The van der Waals surface area contributed by atoms with Crippen LogP contribution in [0.3, 0.4) is 0 Å². The number of hydrogen-bond donors (Lipinski definition) is 0. The van der Waals surface area contributed by atoms with Gasteiger partial charge in [-0.3, -0.25) is 14.5 Å². The average molecular weight is 508 g/mol. The molecular weight excluding hydrogens is 478 g/mol. The van der Waals surface area contributed by atoms with Gasteiger partial charge in [-0.25, -0.2) is 0 Å². The summed E-state index contributed by atoms with van der Waals surface area (Å²) >= 11 is 8.07. The molecule has 2 unspecified atom stereocenters. The van der Waals surface area contributed by atoms with Gasteiger partial charge in [0.25, 0.3) is 5.91 Å². The number of carbonyl (C=O) groups excluding carboxylic acids is 2. The largest absolute Gasteiger partial charge is 0.338 e. The van der Waals surface area contributed by atoms with Crippen LogP contribution in [0.5, 0.6) is 0 Å². The highest BCUT2D eigenvalue weighted by molar-refractivity contribution is 7.10. The van der Waals surface area contributed by atoms with Crippen molar-refractivity contribution in [2.45, 2.75) is 32.4 Å². The molecule has 1 saturated heterocycles. The van der Waals surface area contributed by atoms with Crippen LogP contribution in [-0.4, -0.2) is 65.3 Å². The minimum Gasteiger partial charge on any atom is -0.338 e. The van der Waals surface area contributed by atoms with Crippen molar-refractivity contribution in [1.82, 2.24) is 14.7 Å².